The summed E-state index contributed by atoms with van der Waals surface area (Å²) in [6, 6.07) is 17.1. The fourth-order valence-electron chi connectivity index (χ4n) is 3.73. The van der Waals surface area contributed by atoms with E-state index < -0.39 is 0 Å². The molecule has 1 aliphatic rings. The Hall–Kier alpha value is -1.95. The first kappa shape index (κ1) is 17.5. The predicted molar refractivity (Wildman–Crippen MR) is 104 cm³/mol. The molecule has 2 atom stereocenters. The number of aryl methyl sites for hydroxylation is 1. The number of rotatable bonds is 6. The van der Waals surface area contributed by atoms with Gasteiger partial charge in [-0.15, -0.1) is 11.3 Å². The molecule has 0 bridgehead atoms. The van der Waals surface area contributed by atoms with E-state index in [1.165, 1.54) is 15.3 Å². The second kappa shape index (κ2) is 7.74. The van der Waals surface area contributed by atoms with E-state index in [0.29, 0.717) is 5.92 Å². The number of likely N-dealkylation sites (tertiary alicyclic amines) is 1. The Morgan fingerprint density at radius 3 is 2.77 bits per heavy atom. The largest absolute Gasteiger partial charge is 0.380 e. The zero-order valence-electron chi connectivity index (χ0n) is 15.2. The second-order valence-corrected chi connectivity index (χ2v) is 8.17. The van der Waals surface area contributed by atoms with Gasteiger partial charge in [-0.25, -0.2) is 0 Å². The minimum absolute atomic E-state index is 0.244. The zero-order valence-corrected chi connectivity index (χ0v) is 16.0. The first-order valence-electron chi connectivity index (χ1n) is 9.03. The van der Waals surface area contributed by atoms with E-state index in [1.54, 1.807) is 0 Å². The molecule has 0 aliphatic carbocycles. The lowest BCUT2D eigenvalue weighted by Gasteiger charge is -2.14. The molecule has 0 N–H and O–H groups in total. The third kappa shape index (κ3) is 3.90. The van der Waals surface area contributed by atoms with E-state index in [9.17, 15) is 0 Å². The average Bonchev–Trinajstić information content (AvgIpc) is 3.37. The lowest BCUT2D eigenvalue weighted by Crippen LogP contribution is -2.23. The number of thiophene rings is 1. The maximum Gasteiger partial charge on any atom is 0.137 e. The Balaban J connectivity index is 1.40. The Labute approximate surface area is 158 Å². The summed E-state index contributed by atoms with van der Waals surface area (Å²) >= 11 is 1.88. The average molecular weight is 369 g/mol. The van der Waals surface area contributed by atoms with Crippen LogP contribution in [0.15, 0.2) is 53.1 Å². The van der Waals surface area contributed by atoms with E-state index in [1.807, 2.05) is 31.4 Å². The third-order valence-corrected chi connectivity index (χ3v) is 6.12. The van der Waals surface area contributed by atoms with Crippen molar-refractivity contribution in [3.05, 3.63) is 64.9 Å². The lowest BCUT2D eigenvalue weighted by molar-refractivity contribution is 0.0762. The van der Waals surface area contributed by atoms with Gasteiger partial charge in [-0.3, -0.25) is 4.90 Å². The standard InChI is InChI=1S/C21H24N2O2S/c1-15-10-18(25-22-15)11-17-12-23(14-20(17)24-2)13-19-8-9-21(26-19)16-6-4-3-5-7-16/h3-10,17,20H,11-14H2,1-2H3/t17-,20+/m1/s1. The van der Waals surface area contributed by atoms with Crippen LogP contribution in [-0.4, -0.2) is 36.4 Å². The van der Waals surface area contributed by atoms with E-state index in [4.69, 9.17) is 9.26 Å². The molecule has 4 rings (SSSR count). The van der Waals surface area contributed by atoms with Gasteiger partial charge in [-0.2, -0.15) is 0 Å². The highest BCUT2D eigenvalue weighted by Gasteiger charge is 2.33. The molecule has 0 unspecified atom stereocenters. The molecule has 0 radical (unpaired) electrons. The molecule has 26 heavy (non-hydrogen) atoms. The van der Waals surface area contributed by atoms with Crippen LogP contribution in [0.4, 0.5) is 0 Å². The third-order valence-electron chi connectivity index (χ3n) is 5.00. The highest BCUT2D eigenvalue weighted by Crippen LogP contribution is 2.31. The number of hydrogen-bond donors (Lipinski definition) is 0. The summed E-state index contributed by atoms with van der Waals surface area (Å²) in [6.07, 6.45) is 1.13. The summed E-state index contributed by atoms with van der Waals surface area (Å²) in [5.41, 5.74) is 2.23. The Bertz CT molecular complexity index is 843. The summed E-state index contributed by atoms with van der Waals surface area (Å²) in [7, 11) is 1.81. The fraction of sp³-hybridized carbons (Fsp3) is 0.381. The molecule has 0 amide bonds. The molecule has 4 nitrogen and oxygen atoms in total. The van der Waals surface area contributed by atoms with Gasteiger partial charge >= 0.3 is 0 Å². The highest BCUT2D eigenvalue weighted by atomic mass is 32.1. The maximum atomic E-state index is 5.74. The normalized spacial score (nSPS) is 20.7. The Morgan fingerprint density at radius 1 is 1.19 bits per heavy atom. The van der Waals surface area contributed by atoms with Crippen molar-refractivity contribution in [3.8, 4) is 10.4 Å². The number of methoxy groups -OCH3 is 1. The van der Waals surface area contributed by atoms with Crippen LogP contribution in [0.25, 0.3) is 10.4 Å². The molecule has 1 aliphatic heterocycles. The van der Waals surface area contributed by atoms with E-state index in [-0.39, 0.29) is 6.10 Å². The minimum atomic E-state index is 0.244. The molecule has 1 saturated heterocycles. The van der Waals surface area contributed by atoms with Crippen molar-refractivity contribution in [2.75, 3.05) is 20.2 Å². The first-order valence-corrected chi connectivity index (χ1v) is 9.84. The maximum absolute atomic E-state index is 5.74. The molecular weight excluding hydrogens is 344 g/mol. The van der Waals surface area contributed by atoms with Crippen molar-refractivity contribution < 1.29 is 9.26 Å². The molecule has 3 aromatic rings. The van der Waals surface area contributed by atoms with Crippen LogP contribution >= 0.6 is 11.3 Å². The molecule has 0 saturated carbocycles. The molecule has 1 fully saturated rings. The Kier molecular flexibility index (Phi) is 5.20. The van der Waals surface area contributed by atoms with E-state index >= 15 is 0 Å². The van der Waals surface area contributed by atoms with Gasteiger partial charge in [-0.1, -0.05) is 35.5 Å². The van der Waals surface area contributed by atoms with Crippen molar-refractivity contribution in [2.24, 2.45) is 5.92 Å². The van der Waals surface area contributed by atoms with Gasteiger partial charge in [0.25, 0.3) is 0 Å². The lowest BCUT2D eigenvalue weighted by atomic mass is 10.0. The van der Waals surface area contributed by atoms with Gasteiger partial charge in [0.1, 0.15) is 5.76 Å². The van der Waals surface area contributed by atoms with Gasteiger partial charge < -0.3 is 9.26 Å². The number of aromatic nitrogens is 1. The van der Waals surface area contributed by atoms with E-state index in [0.717, 1.165) is 37.5 Å². The monoisotopic (exact) mass is 368 g/mol. The van der Waals surface area contributed by atoms with Crippen LogP contribution in [-0.2, 0) is 17.7 Å². The summed E-state index contributed by atoms with van der Waals surface area (Å²) in [5.74, 6) is 1.40. The molecular formula is C21H24N2O2S. The van der Waals surface area contributed by atoms with Crippen molar-refractivity contribution in [2.45, 2.75) is 26.0 Å². The van der Waals surface area contributed by atoms with Crippen molar-refractivity contribution >= 4 is 11.3 Å². The van der Waals surface area contributed by atoms with Crippen molar-refractivity contribution in [3.63, 3.8) is 0 Å². The van der Waals surface area contributed by atoms with Crippen LogP contribution < -0.4 is 0 Å². The predicted octanol–water partition coefficient (Wildman–Crippen LogP) is 4.40. The minimum Gasteiger partial charge on any atom is -0.380 e. The summed E-state index contributed by atoms with van der Waals surface area (Å²) in [5, 5.41) is 4.00. The van der Waals surface area contributed by atoms with Crippen molar-refractivity contribution in [1.82, 2.24) is 10.1 Å². The molecule has 2 aromatic heterocycles. The summed E-state index contributed by atoms with van der Waals surface area (Å²) in [4.78, 5) is 5.22. The molecule has 5 heteroatoms. The van der Waals surface area contributed by atoms with Gasteiger partial charge in [0.05, 0.1) is 11.8 Å². The number of ether oxygens (including phenoxy) is 1. The molecule has 3 heterocycles. The van der Waals surface area contributed by atoms with Gasteiger partial charge in [-0.05, 0) is 24.6 Å². The van der Waals surface area contributed by atoms with Gasteiger partial charge in [0.2, 0.25) is 0 Å². The second-order valence-electron chi connectivity index (χ2n) is 7.00. The van der Waals surface area contributed by atoms with Crippen LogP contribution in [0.2, 0.25) is 0 Å². The summed E-state index contributed by atoms with van der Waals surface area (Å²) in [6.45, 7) is 4.93. The van der Waals surface area contributed by atoms with Crippen LogP contribution in [0.1, 0.15) is 16.3 Å². The number of nitrogens with zero attached hydrogens (tertiary/aromatic N) is 2. The fourth-order valence-corrected chi connectivity index (χ4v) is 4.79. The highest BCUT2D eigenvalue weighted by molar-refractivity contribution is 7.15. The topological polar surface area (TPSA) is 38.5 Å². The van der Waals surface area contributed by atoms with Gasteiger partial charge in [0, 0.05) is 54.9 Å². The zero-order chi connectivity index (χ0) is 17.9. The van der Waals surface area contributed by atoms with Crippen LogP contribution in [0.3, 0.4) is 0 Å². The Morgan fingerprint density at radius 2 is 2.04 bits per heavy atom. The van der Waals surface area contributed by atoms with Crippen molar-refractivity contribution in [1.29, 1.82) is 0 Å². The van der Waals surface area contributed by atoms with Gasteiger partial charge in [0.15, 0.2) is 0 Å². The first-order chi connectivity index (χ1) is 12.7. The van der Waals surface area contributed by atoms with Crippen LogP contribution in [0, 0.1) is 12.8 Å². The van der Waals surface area contributed by atoms with Crippen LogP contribution in [0.5, 0.6) is 0 Å². The molecule has 1 aromatic carbocycles. The number of hydrogen-bond acceptors (Lipinski definition) is 5. The smallest absolute Gasteiger partial charge is 0.137 e. The molecule has 136 valence electrons. The van der Waals surface area contributed by atoms with E-state index in [2.05, 4.69) is 52.5 Å². The number of benzene rings is 1. The summed E-state index contributed by atoms with van der Waals surface area (Å²) < 4.78 is 11.1. The quantitative estimate of drug-likeness (QED) is 0.646. The SMILES string of the molecule is CO[C@H]1CN(Cc2ccc(-c3ccccc3)s2)C[C@H]1Cc1cc(C)no1. The molecule has 0 spiro atoms.